The van der Waals surface area contributed by atoms with Crippen LogP contribution in [-0.2, 0) is 0 Å². The molecular formula is C11H18N2O. The van der Waals surface area contributed by atoms with Gasteiger partial charge in [0.05, 0.1) is 17.0 Å². The molecule has 3 nitrogen and oxygen atoms in total. The van der Waals surface area contributed by atoms with E-state index in [2.05, 4.69) is 5.32 Å². The summed E-state index contributed by atoms with van der Waals surface area (Å²) in [6, 6.07) is 5.82. The van der Waals surface area contributed by atoms with E-state index in [0.717, 1.165) is 16.9 Å². The van der Waals surface area contributed by atoms with Crippen molar-refractivity contribution < 1.29 is 5.11 Å². The van der Waals surface area contributed by atoms with Crippen molar-refractivity contribution in [3.8, 4) is 0 Å². The van der Waals surface area contributed by atoms with Gasteiger partial charge in [0.25, 0.3) is 0 Å². The summed E-state index contributed by atoms with van der Waals surface area (Å²) in [4.78, 5) is 0. The Balaban J connectivity index is 2.73. The van der Waals surface area contributed by atoms with E-state index in [1.54, 1.807) is 13.8 Å². The molecule has 0 spiro atoms. The van der Waals surface area contributed by atoms with Gasteiger partial charge in [-0.05, 0) is 32.4 Å². The van der Waals surface area contributed by atoms with Gasteiger partial charge in [-0.3, -0.25) is 0 Å². The zero-order valence-electron chi connectivity index (χ0n) is 8.96. The van der Waals surface area contributed by atoms with E-state index in [0.29, 0.717) is 6.54 Å². The summed E-state index contributed by atoms with van der Waals surface area (Å²) in [6.45, 7) is 5.96. The normalized spacial score (nSPS) is 11.4. The maximum atomic E-state index is 9.54. The van der Waals surface area contributed by atoms with E-state index >= 15 is 0 Å². The quantitative estimate of drug-likeness (QED) is 0.643. The van der Waals surface area contributed by atoms with Crippen molar-refractivity contribution in [1.82, 2.24) is 0 Å². The molecule has 4 N–H and O–H groups in total. The number of aliphatic hydroxyl groups is 1. The molecule has 1 aromatic rings. The van der Waals surface area contributed by atoms with Crippen LogP contribution in [0.5, 0.6) is 0 Å². The first-order valence-corrected chi connectivity index (χ1v) is 4.71. The van der Waals surface area contributed by atoms with Crippen molar-refractivity contribution in [3.63, 3.8) is 0 Å². The number of hydrogen-bond donors (Lipinski definition) is 3. The molecule has 0 aliphatic heterocycles. The van der Waals surface area contributed by atoms with Crippen LogP contribution in [0.15, 0.2) is 18.2 Å². The summed E-state index contributed by atoms with van der Waals surface area (Å²) < 4.78 is 0. The SMILES string of the molecule is Cc1cccc(NCC(C)(C)O)c1N. The minimum absolute atomic E-state index is 0.487. The number of nitrogen functional groups attached to an aromatic ring is 1. The third-order valence-corrected chi connectivity index (χ3v) is 2.04. The van der Waals surface area contributed by atoms with Crippen molar-refractivity contribution in [2.24, 2.45) is 0 Å². The minimum Gasteiger partial charge on any atom is -0.397 e. The second-order valence-corrected chi connectivity index (χ2v) is 4.20. The van der Waals surface area contributed by atoms with Crippen molar-refractivity contribution in [3.05, 3.63) is 23.8 Å². The predicted octanol–water partition coefficient (Wildman–Crippen LogP) is 1.76. The molecule has 1 rings (SSSR count). The maximum absolute atomic E-state index is 9.54. The van der Waals surface area contributed by atoms with Crippen LogP contribution in [0.25, 0.3) is 0 Å². The van der Waals surface area contributed by atoms with Gasteiger partial charge in [-0.2, -0.15) is 0 Å². The lowest BCUT2D eigenvalue weighted by molar-refractivity contribution is 0.0945. The molecule has 0 bridgehead atoms. The highest BCUT2D eigenvalue weighted by Gasteiger charge is 2.12. The van der Waals surface area contributed by atoms with Crippen molar-refractivity contribution in [2.75, 3.05) is 17.6 Å². The lowest BCUT2D eigenvalue weighted by Gasteiger charge is -2.19. The standard InChI is InChI=1S/C11H18N2O/c1-8-5-4-6-9(10(8)12)13-7-11(2,3)14/h4-6,13-14H,7,12H2,1-3H3. The molecule has 0 amide bonds. The zero-order valence-corrected chi connectivity index (χ0v) is 8.96. The Morgan fingerprint density at radius 2 is 2.07 bits per heavy atom. The highest BCUT2D eigenvalue weighted by Crippen LogP contribution is 2.22. The Labute approximate surface area is 84.9 Å². The van der Waals surface area contributed by atoms with E-state index in [1.807, 2.05) is 25.1 Å². The molecule has 78 valence electrons. The molecule has 0 heterocycles. The lowest BCUT2D eigenvalue weighted by Crippen LogP contribution is -2.29. The van der Waals surface area contributed by atoms with Crippen molar-refractivity contribution in [1.29, 1.82) is 0 Å². The van der Waals surface area contributed by atoms with Crippen LogP contribution in [0.3, 0.4) is 0 Å². The van der Waals surface area contributed by atoms with E-state index in [4.69, 9.17) is 5.73 Å². The molecule has 0 unspecified atom stereocenters. The highest BCUT2D eigenvalue weighted by atomic mass is 16.3. The van der Waals surface area contributed by atoms with Crippen molar-refractivity contribution in [2.45, 2.75) is 26.4 Å². The highest BCUT2D eigenvalue weighted by molar-refractivity contribution is 5.69. The van der Waals surface area contributed by atoms with Crippen LogP contribution in [0, 0.1) is 6.92 Å². The summed E-state index contributed by atoms with van der Waals surface area (Å²) >= 11 is 0. The molecule has 1 aromatic carbocycles. The molecule has 0 saturated carbocycles. The van der Waals surface area contributed by atoms with Gasteiger partial charge in [-0.15, -0.1) is 0 Å². The van der Waals surface area contributed by atoms with Gasteiger partial charge in [0.15, 0.2) is 0 Å². The van der Waals surface area contributed by atoms with Gasteiger partial charge < -0.3 is 16.2 Å². The first kappa shape index (κ1) is 10.9. The predicted molar refractivity (Wildman–Crippen MR) is 60.4 cm³/mol. The maximum Gasteiger partial charge on any atom is 0.0763 e. The monoisotopic (exact) mass is 194 g/mol. The number of nitrogens with two attached hydrogens (primary N) is 1. The minimum atomic E-state index is -0.726. The molecule has 0 aliphatic carbocycles. The first-order chi connectivity index (χ1) is 6.40. The summed E-state index contributed by atoms with van der Waals surface area (Å²) in [5.41, 5.74) is 7.82. The largest absolute Gasteiger partial charge is 0.397 e. The lowest BCUT2D eigenvalue weighted by atomic mass is 10.1. The number of aryl methyl sites for hydroxylation is 1. The fourth-order valence-corrected chi connectivity index (χ4v) is 1.15. The van der Waals surface area contributed by atoms with Gasteiger partial charge in [0, 0.05) is 6.54 Å². The smallest absolute Gasteiger partial charge is 0.0763 e. The molecule has 0 atom stereocenters. The number of hydrogen-bond acceptors (Lipinski definition) is 3. The van der Waals surface area contributed by atoms with Crippen molar-refractivity contribution >= 4 is 11.4 Å². The summed E-state index contributed by atoms with van der Waals surface area (Å²) in [5.74, 6) is 0. The molecule has 0 aliphatic rings. The second-order valence-electron chi connectivity index (χ2n) is 4.20. The van der Waals surface area contributed by atoms with E-state index in [-0.39, 0.29) is 0 Å². The Morgan fingerprint density at radius 1 is 1.43 bits per heavy atom. The zero-order chi connectivity index (χ0) is 10.8. The van der Waals surface area contributed by atoms with Gasteiger partial charge in [0.2, 0.25) is 0 Å². The van der Waals surface area contributed by atoms with Crippen LogP contribution in [0.4, 0.5) is 11.4 Å². The molecule has 14 heavy (non-hydrogen) atoms. The third-order valence-electron chi connectivity index (χ3n) is 2.04. The second kappa shape index (κ2) is 3.88. The van der Waals surface area contributed by atoms with Crippen LogP contribution in [0.2, 0.25) is 0 Å². The Hall–Kier alpha value is -1.22. The number of benzene rings is 1. The van der Waals surface area contributed by atoms with Gasteiger partial charge in [-0.25, -0.2) is 0 Å². The van der Waals surface area contributed by atoms with Crippen LogP contribution >= 0.6 is 0 Å². The molecule has 3 heteroatoms. The molecule has 0 saturated heterocycles. The number of nitrogens with one attached hydrogen (secondary N) is 1. The van der Waals surface area contributed by atoms with Gasteiger partial charge in [0.1, 0.15) is 0 Å². The van der Waals surface area contributed by atoms with Crippen LogP contribution in [0.1, 0.15) is 19.4 Å². The van der Waals surface area contributed by atoms with E-state index < -0.39 is 5.60 Å². The Bertz CT molecular complexity index is 316. The number of anilines is 2. The molecular weight excluding hydrogens is 176 g/mol. The van der Waals surface area contributed by atoms with E-state index in [1.165, 1.54) is 0 Å². The topological polar surface area (TPSA) is 58.3 Å². The average molecular weight is 194 g/mol. The average Bonchev–Trinajstić information content (AvgIpc) is 2.06. The number of rotatable bonds is 3. The molecule has 0 aromatic heterocycles. The van der Waals surface area contributed by atoms with Crippen LogP contribution < -0.4 is 11.1 Å². The third kappa shape index (κ3) is 2.92. The molecule has 0 radical (unpaired) electrons. The van der Waals surface area contributed by atoms with E-state index in [9.17, 15) is 5.11 Å². The summed E-state index contributed by atoms with van der Waals surface area (Å²) in [6.07, 6.45) is 0. The van der Waals surface area contributed by atoms with Crippen LogP contribution in [-0.4, -0.2) is 17.3 Å². The van der Waals surface area contributed by atoms with Gasteiger partial charge in [-0.1, -0.05) is 12.1 Å². The fraction of sp³-hybridized carbons (Fsp3) is 0.455. The Kier molecular flexibility index (Phi) is 3.01. The first-order valence-electron chi connectivity index (χ1n) is 4.71. The van der Waals surface area contributed by atoms with Gasteiger partial charge >= 0.3 is 0 Å². The summed E-state index contributed by atoms with van der Waals surface area (Å²) in [5, 5.41) is 12.7. The number of para-hydroxylation sites is 1. The Morgan fingerprint density at radius 3 is 2.64 bits per heavy atom. The summed E-state index contributed by atoms with van der Waals surface area (Å²) in [7, 11) is 0. The molecule has 0 fully saturated rings. The fourth-order valence-electron chi connectivity index (χ4n) is 1.15.